The van der Waals surface area contributed by atoms with Crippen LogP contribution in [0.1, 0.15) is 27.7 Å². The molecule has 0 rings (SSSR count). The lowest BCUT2D eigenvalue weighted by Crippen LogP contribution is -2.13. The van der Waals surface area contributed by atoms with Crippen LogP contribution >= 0.6 is 0 Å². The molecule has 0 spiro atoms. The number of hydrogen-bond donors (Lipinski definition) is 0. The molecule has 0 aliphatic carbocycles. The van der Waals surface area contributed by atoms with E-state index in [1.807, 2.05) is 21.1 Å². The average molecular weight is 169 g/mol. The molecule has 0 saturated heterocycles. The molecule has 0 unspecified atom stereocenters. The van der Waals surface area contributed by atoms with Crippen LogP contribution in [0.4, 0.5) is 0 Å². The fourth-order valence-electron chi connectivity index (χ4n) is 0.846. The smallest absolute Gasteiger partial charge is 0.298 e. The SMILES string of the molecule is CC(C)C[B]CC(=O)OC(C)C. The Morgan fingerprint density at radius 1 is 1.33 bits per heavy atom. The quantitative estimate of drug-likeness (QED) is 0.465. The van der Waals surface area contributed by atoms with Crippen LogP contribution < -0.4 is 0 Å². The molecule has 0 aromatic rings. The second-order valence-electron chi connectivity index (χ2n) is 3.66. The second kappa shape index (κ2) is 6.10. The van der Waals surface area contributed by atoms with Gasteiger partial charge >= 0.3 is 0 Å². The summed E-state index contributed by atoms with van der Waals surface area (Å²) in [5, 5.41) is 0. The third-order valence-corrected chi connectivity index (χ3v) is 1.32. The van der Waals surface area contributed by atoms with Crippen LogP contribution in [-0.2, 0) is 9.53 Å². The third kappa shape index (κ3) is 7.64. The highest BCUT2D eigenvalue weighted by Crippen LogP contribution is 2.02. The Kier molecular flexibility index (Phi) is 5.86. The molecule has 1 radical (unpaired) electrons. The van der Waals surface area contributed by atoms with E-state index in [2.05, 4.69) is 13.8 Å². The van der Waals surface area contributed by atoms with Crippen LogP contribution in [0.2, 0.25) is 12.6 Å². The molecule has 0 aliphatic rings. The zero-order valence-electron chi connectivity index (χ0n) is 8.46. The first-order valence-corrected chi connectivity index (χ1v) is 4.53. The highest BCUT2D eigenvalue weighted by atomic mass is 16.5. The van der Waals surface area contributed by atoms with Crippen LogP contribution in [0.5, 0.6) is 0 Å². The van der Waals surface area contributed by atoms with Gasteiger partial charge in [0.2, 0.25) is 0 Å². The van der Waals surface area contributed by atoms with Crippen molar-refractivity contribution in [3.8, 4) is 0 Å². The molecule has 12 heavy (non-hydrogen) atoms. The van der Waals surface area contributed by atoms with Gasteiger partial charge in [0, 0.05) is 6.32 Å². The van der Waals surface area contributed by atoms with Gasteiger partial charge in [-0.2, -0.15) is 0 Å². The molecule has 0 aromatic heterocycles. The monoisotopic (exact) mass is 169 g/mol. The van der Waals surface area contributed by atoms with Crippen LogP contribution in [0.15, 0.2) is 0 Å². The number of carbonyl (C=O) groups excluding carboxylic acids is 1. The maximum atomic E-state index is 11.0. The van der Waals surface area contributed by atoms with E-state index in [0.29, 0.717) is 12.2 Å². The lowest BCUT2D eigenvalue weighted by Gasteiger charge is -2.07. The maximum Gasteiger partial charge on any atom is 0.298 e. The first kappa shape index (κ1) is 11.5. The van der Waals surface area contributed by atoms with Crippen molar-refractivity contribution in [2.45, 2.75) is 46.4 Å². The molecule has 0 amide bonds. The summed E-state index contributed by atoms with van der Waals surface area (Å²) in [5.41, 5.74) is 0. The van der Waals surface area contributed by atoms with Gasteiger partial charge < -0.3 is 4.74 Å². The van der Waals surface area contributed by atoms with Gasteiger partial charge in [0.1, 0.15) is 7.28 Å². The summed E-state index contributed by atoms with van der Waals surface area (Å²) in [5.74, 6) is 0.502. The molecule has 69 valence electrons. The Hall–Kier alpha value is -0.465. The molecule has 0 saturated carbocycles. The van der Waals surface area contributed by atoms with Crippen molar-refractivity contribution in [3.63, 3.8) is 0 Å². The summed E-state index contributed by atoms with van der Waals surface area (Å²) in [6.07, 6.45) is 1.42. The van der Waals surface area contributed by atoms with Crippen LogP contribution in [0.25, 0.3) is 0 Å². The van der Waals surface area contributed by atoms with Crippen molar-refractivity contribution >= 4 is 13.2 Å². The highest BCUT2D eigenvalue weighted by molar-refractivity contribution is 6.40. The van der Waals surface area contributed by atoms with E-state index < -0.39 is 0 Å². The average Bonchev–Trinajstić information content (AvgIpc) is 1.84. The van der Waals surface area contributed by atoms with Crippen molar-refractivity contribution in [2.75, 3.05) is 0 Å². The summed E-state index contributed by atoms with van der Waals surface area (Å²) in [6.45, 7) is 7.98. The van der Waals surface area contributed by atoms with Gasteiger partial charge in [0.15, 0.2) is 0 Å². The largest absolute Gasteiger partial charge is 0.463 e. The zero-order valence-corrected chi connectivity index (χ0v) is 8.46. The molecule has 0 bridgehead atoms. The molecule has 3 heteroatoms. The fourth-order valence-corrected chi connectivity index (χ4v) is 0.846. The van der Waals surface area contributed by atoms with Crippen LogP contribution in [0, 0.1) is 5.92 Å². The third-order valence-electron chi connectivity index (χ3n) is 1.32. The minimum atomic E-state index is -0.120. The van der Waals surface area contributed by atoms with Crippen LogP contribution in [0.3, 0.4) is 0 Å². The normalized spacial score (nSPS) is 10.5. The summed E-state index contributed by atoms with van der Waals surface area (Å²) in [6, 6.07) is 0. The van der Waals surface area contributed by atoms with Gasteiger partial charge in [0.05, 0.1) is 6.10 Å². The first-order valence-electron chi connectivity index (χ1n) is 4.53. The van der Waals surface area contributed by atoms with Crippen molar-refractivity contribution in [2.24, 2.45) is 5.92 Å². The molecule has 0 fully saturated rings. The van der Waals surface area contributed by atoms with E-state index in [-0.39, 0.29) is 12.1 Å². The van der Waals surface area contributed by atoms with E-state index >= 15 is 0 Å². The minimum Gasteiger partial charge on any atom is -0.463 e. The van der Waals surface area contributed by atoms with Gasteiger partial charge in [-0.25, -0.2) is 0 Å². The molecule has 0 N–H and O–H groups in total. The Balaban J connectivity index is 3.32. The Bertz CT molecular complexity index is 132. The van der Waals surface area contributed by atoms with Gasteiger partial charge in [-0.3, -0.25) is 4.79 Å². The van der Waals surface area contributed by atoms with Crippen molar-refractivity contribution in [3.05, 3.63) is 0 Å². The van der Waals surface area contributed by atoms with Gasteiger partial charge in [-0.05, 0) is 13.8 Å². The van der Waals surface area contributed by atoms with E-state index in [0.717, 1.165) is 6.32 Å². The van der Waals surface area contributed by atoms with Gasteiger partial charge in [-0.15, -0.1) is 0 Å². The number of hydrogen-bond acceptors (Lipinski definition) is 2. The predicted molar refractivity (Wildman–Crippen MR) is 51.4 cm³/mol. The molecule has 0 aromatic carbocycles. The van der Waals surface area contributed by atoms with E-state index in [4.69, 9.17) is 4.74 Å². The molecule has 2 nitrogen and oxygen atoms in total. The zero-order chi connectivity index (χ0) is 9.56. The van der Waals surface area contributed by atoms with E-state index in [1.54, 1.807) is 0 Å². The first-order chi connectivity index (χ1) is 5.52. The lowest BCUT2D eigenvalue weighted by atomic mass is 9.67. The van der Waals surface area contributed by atoms with Gasteiger partial charge in [-0.1, -0.05) is 26.1 Å². The summed E-state index contributed by atoms with van der Waals surface area (Å²) < 4.78 is 4.96. The van der Waals surface area contributed by atoms with Crippen molar-refractivity contribution in [1.29, 1.82) is 0 Å². The predicted octanol–water partition coefficient (Wildman–Crippen LogP) is 2.13. The minimum absolute atomic E-state index is 0.00458. The summed E-state index contributed by atoms with van der Waals surface area (Å²) >= 11 is 0. The van der Waals surface area contributed by atoms with Crippen molar-refractivity contribution in [1.82, 2.24) is 0 Å². The second-order valence-corrected chi connectivity index (χ2v) is 3.66. The van der Waals surface area contributed by atoms with Crippen LogP contribution in [-0.4, -0.2) is 19.4 Å². The maximum absolute atomic E-state index is 11.0. The summed E-state index contributed by atoms with van der Waals surface area (Å²) in [7, 11) is 1.98. The Morgan fingerprint density at radius 2 is 1.92 bits per heavy atom. The standard InChI is InChI=1S/C9H18BO2/c1-7(2)5-10-6-9(11)12-8(3)4/h7-8H,5-6H2,1-4H3. The number of rotatable bonds is 5. The molecule has 0 atom stereocenters. The van der Waals surface area contributed by atoms with E-state index in [1.165, 1.54) is 0 Å². The number of carbonyl (C=O) groups is 1. The topological polar surface area (TPSA) is 26.3 Å². The molecule has 0 heterocycles. The summed E-state index contributed by atoms with van der Waals surface area (Å²) in [4.78, 5) is 11.0. The highest BCUT2D eigenvalue weighted by Gasteiger charge is 2.06. The van der Waals surface area contributed by atoms with Crippen molar-refractivity contribution < 1.29 is 9.53 Å². The lowest BCUT2D eigenvalue weighted by molar-refractivity contribution is -0.144. The number of ether oxygens (including phenoxy) is 1. The van der Waals surface area contributed by atoms with Gasteiger partial charge in [0.25, 0.3) is 5.97 Å². The Labute approximate surface area is 75.9 Å². The number of esters is 1. The molecular weight excluding hydrogens is 151 g/mol. The molecular formula is C9H18BO2. The Morgan fingerprint density at radius 3 is 2.33 bits per heavy atom. The fraction of sp³-hybridized carbons (Fsp3) is 0.889. The molecule has 0 aliphatic heterocycles. The van der Waals surface area contributed by atoms with E-state index in [9.17, 15) is 4.79 Å².